The van der Waals surface area contributed by atoms with E-state index in [0.29, 0.717) is 10.7 Å². The third-order valence-electron chi connectivity index (χ3n) is 3.79. The van der Waals surface area contributed by atoms with E-state index >= 15 is 0 Å². The minimum atomic E-state index is 0.200. The zero-order valence-electron chi connectivity index (χ0n) is 10.9. The van der Waals surface area contributed by atoms with Gasteiger partial charge in [0.15, 0.2) is 0 Å². The fourth-order valence-corrected chi connectivity index (χ4v) is 2.74. The molecule has 1 rings (SSSR count). The fourth-order valence-electron chi connectivity index (χ4n) is 2.53. The molecule has 0 spiro atoms. The lowest BCUT2D eigenvalue weighted by molar-refractivity contribution is -0.137. The van der Waals surface area contributed by atoms with Gasteiger partial charge in [-0.15, -0.1) is 0 Å². The highest BCUT2D eigenvalue weighted by molar-refractivity contribution is 9.09. The number of alkyl halides is 1. The van der Waals surface area contributed by atoms with Crippen LogP contribution in [0, 0.1) is 11.3 Å². The third-order valence-corrected chi connectivity index (χ3v) is 4.25. The molecule has 2 unspecified atom stereocenters. The number of nitrogens with zero attached hydrogens (tertiary/aromatic N) is 1. The molecule has 1 fully saturated rings. The van der Waals surface area contributed by atoms with E-state index in [2.05, 4.69) is 36.7 Å². The fraction of sp³-hybridized carbons (Fsp3) is 0.923. The summed E-state index contributed by atoms with van der Waals surface area (Å²) >= 11 is 3.52. The monoisotopic (exact) mass is 289 g/mol. The molecular weight excluding hydrogens is 266 g/mol. The number of carbonyl (C=O) groups excluding carboxylic acids is 1. The number of hydrogen-bond donors (Lipinski definition) is 0. The van der Waals surface area contributed by atoms with Gasteiger partial charge in [-0.3, -0.25) is 4.79 Å². The summed E-state index contributed by atoms with van der Waals surface area (Å²) in [6.07, 6.45) is 4.48. The quantitative estimate of drug-likeness (QED) is 0.726. The van der Waals surface area contributed by atoms with E-state index in [1.165, 1.54) is 12.8 Å². The van der Waals surface area contributed by atoms with Gasteiger partial charge in [-0.25, -0.2) is 0 Å². The number of amides is 1. The van der Waals surface area contributed by atoms with E-state index in [0.717, 1.165) is 19.4 Å². The minimum absolute atomic E-state index is 0.200. The van der Waals surface area contributed by atoms with Crippen molar-refractivity contribution in [1.82, 2.24) is 4.90 Å². The Labute approximate surface area is 108 Å². The average molecular weight is 290 g/mol. The Balaban J connectivity index is 2.50. The van der Waals surface area contributed by atoms with Crippen LogP contribution in [0.25, 0.3) is 0 Å². The molecule has 0 N–H and O–H groups in total. The predicted octanol–water partition coefficient (Wildman–Crippen LogP) is 3.44. The molecule has 3 heteroatoms. The average Bonchev–Trinajstić information content (AvgIpc) is 2.53. The van der Waals surface area contributed by atoms with Crippen LogP contribution in [0.1, 0.15) is 46.5 Å². The van der Waals surface area contributed by atoms with Crippen LogP contribution in [0.4, 0.5) is 0 Å². The van der Waals surface area contributed by atoms with Crippen LogP contribution < -0.4 is 0 Å². The third kappa shape index (κ3) is 3.47. The molecule has 1 aliphatic carbocycles. The largest absolute Gasteiger partial charge is 0.345 e. The van der Waals surface area contributed by atoms with Crippen LogP contribution in [0.5, 0.6) is 0 Å². The van der Waals surface area contributed by atoms with E-state index in [9.17, 15) is 4.79 Å². The van der Waals surface area contributed by atoms with Gasteiger partial charge >= 0.3 is 0 Å². The molecule has 94 valence electrons. The number of carbonyl (C=O) groups is 1. The molecule has 1 amide bonds. The van der Waals surface area contributed by atoms with Crippen LogP contribution in [0.2, 0.25) is 0 Å². The lowest BCUT2D eigenvalue weighted by atomic mass is 9.81. The first kappa shape index (κ1) is 14.0. The van der Waals surface area contributed by atoms with E-state index in [1.54, 1.807) is 0 Å². The van der Waals surface area contributed by atoms with Gasteiger partial charge in [0, 0.05) is 24.3 Å². The van der Waals surface area contributed by atoms with Crippen molar-refractivity contribution in [3.8, 4) is 0 Å². The summed E-state index contributed by atoms with van der Waals surface area (Å²) in [7, 11) is 1.94. The molecule has 1 saturated carbocycles. The summed E-state index contributed by atoms with van der Waals surface area (Å²) in [6, 6.07) is 0. The lowest BCUT2D eigenvalue weighted by Crippen LogP contribution is -2.38. The summed E-state index contributed by atoms with van der Waals surface area (Å²) in [6.45, 7) is 7.43. The highest BCUT2D eigenvalue weighted by Crippen LogP contribution is 2.43. The Morgan fingerprint density at radius 2 is 2.19 bits per heavy atom. The SMILES string of the molecule is CC(Br)CCN(C)C(=O)C1CCCC1(C)C. The van der Waals surface area contributed by atoms with Crippen molar-refractivity contribution in [2.24, 2.45) is 11.3 Å². The van der Waals surface area contributed by atoms with E-state index in [-0.39, 0.29) is 11.3 Å². The zero-order valence-corrected chi connectivity index (χ0v) is 12.5. The molecule has 16 heavy (non-hydrogen) atoms. The molecule has 0 saturated heterocycles. The molecule has 0 aromatic carbocycles. The second kappa shape index (κ2) is 5.52. The van der Waals surface area contributed by atoms with Crippen molar-refractivity contribution < 1.29 is 4.79 Å². The molecule has 2 nitrogen and oxygen atoms in total. The second-order valence-corrected chi connectivity index (χ2v) is 7.33. The van der Waals surface area contributed by atoms with Crippen molar-refractivity contribution in [3.63, 3.8) is 0 Å². The van der Waals surface area contributed by atoms with Crippen LogP contribution in [0.15, 0.2) is 0 Å². The summed E-state index contributed by atoms with van der Waals surface area (Å²) in [5, 5.41) is 0. The molecule has 0 bridgehead atoms. The van der Waals surface area contributed by atoms with Crippen molar-refractivity contribution in [2.75, 3.05) is 13.6 Å². The minimum Gasteiger partial charge on any atom is -0.345 e. The number of rotatable bonds is 4. The van der Waals surface area contributed by atoms with Crippen LogP contribution in [-0.4, -0.2) is 29.2 Å². The van der Waals surface area contributed by atoms with Crippen molar-refractivity contribution in [1.29, 1.82) is 0 Å². The molecule has 1 aliphatic rings. The highest BCUT2D eigenvalue weighted by atomic mass is 79.9. The molecular formula is C13H24BrNO. The Hall–Kier alpha value is -0.0500. The van der Waals surface area contributed by atoms with Gasteiger partial charge in [0.2, 0.25) is 5.91 Å². The van der Waals surface area contributed by atoms with Gasteiger partial charge in [0.1, 0.15) is 0 Å². The molecule has 0 aromatic heterocycles. The number of hydrogen-bond acceptors (Lipinski definition) is 1. The topological polar surface area (TPSA) is 20.3 Å². The molecule has 2 atom stereocenters. The van der Waals surface area contributed by atoms with Crippen LogP contribution >= 0.6 is 15.9 Å². The van der Waals surface area contributed by atoms with E-state index < -0.39 is 0 Å². The first-order valence-electron chi connectivity index (χ1n) is 6.23. The standard InChI is InChI=1S/C13H24BrNO/c1-10(14)7-9-15(4)12(16)11-6-5-8-13(11,2)3/h10-11H,5-9H2,1-4H3. The van der Waals surface area contributed by atoms with Gasteiger partial charge < -0.3 is 4.90 Å². The first-order valence-corrected chi connectivity index (χ1v) is 7.15. The van der Waals surface area contributed by atoms with Gasteiger partial charge in [-0.2, -0.15) is 0 Å². The van der Waals surface area contributed by atoms with E-state index in [4.69, 9.17) is 0 Å². The normalized spacial score (nSPS) is 25.4. The Kier molecular flexibility index (Phi) is 4.84. The summed E-state index contributed by atoms with van der Waals surface area (Å²) in [4.78, 5) is 14.7. The molecule has 0 heterocycles. The Bertz CT molecular complexity index is 250. The molecule has 0 aliphatic heterocycles. The van der Waals surface area contributed by atoms with Gasteiger partial charge in [-0.1, -0.05) is 43.1 Å². The molecule has 0 aromatic rings. The van der Waals surface area contributed by atoms with Gasteiger partial charge in [0.25, 0.3) is 0 Å². The second-order valence-electron chi connectivity index (χ2n) is 5.76. The van der Waals surface area contributed by atoms with Crippen LogP contribution in [0.3, 0.4) is 0 Å². The maximum Gasteiger partial charge on any atom is 0.225 e. The summed E-state index contributed by atoms with van der Waals surface area (Å²) in [5.74, 6) is 0.582. The summed E-state index contributed by atoms with van der Waals surface area (Å²) < 4.78 is 0. The molecule has 0 radical (unpaired) electrons. The Morgan fingerprint density at radius 1 is 1.56 bits per heavy atom. The van der Waals surface area contributed by atoms with E-state index in [1.807, 2.05) is 11.9 Å². The van der Waals surface area contributed by atoms with Crippen molar-refractivity contribution >= 4 is 21.8 Å². The lowest BCUT2D eigenvalue weighted by Gasteiger charge is -2.30. The van der Waals surface area contributed by atoms with Crippen molar-refractivity contribution in [3.05, 3.63) is 0 Å². The first-order chi connectivity index (χ1) is 7.34. The zero-order chi connectivity index (χ0) is 12.3. The maximum atomic E-state index is 12.3. The number of halogens is 1. The highest BCUT2D eigenvalue weighted by Gasteiger charge is 2.40. The predicted molar refractivity (Wildman–Crippen MR) is 71.8 cm³/mol. The summed E-state index contributed by atoms with van der Waals surface area (Å²) in [5.41, 5.74) is 0.200. The van der Waals surface area contributed by atoms with Crippen LogP contribution in [-0.2, 0) is 4.79 Å². The Morgan fingerprint density at radius 3 is 2.62 bits per heavy atom. The smallest absolute Gasteiger partial charge is 0.225 e. The van der Waals surface area contributed by atoms with Crippen molar-refractivity contribution in [2.45, 2.75) is 51.3 Å². The van der Waals surface area contributed by atoms with Gasteiger partial charge in [-0.05, 0) is 24.7 Å². The van der Waals surface area contributed by atoms with Gasteiger partial charge in [0.05, 0.1) is 0 Å². The maximum absolute atomic E-state index is 12.3.